The van der Waals surface area contributed by atoms with Crippen molar-refractivity contribution in [1.82, 2.24) is 5.06 Å². The average Bonchev–Trinajstić information content (AvgIpc) is 2.74. The van der Waals surface area contributed by atoms with Crippen LogP contribution < -0.4 is 0 Å². The molecule has 1 saturated heterocycles. The fraction of sp³-hybridized carbons (Fsp3) is 0.308. The van der Waals surface area contributed by atoms with Crippen molar-refractivity contribution in [3.63, 3.8) is 0 Å². The van der Waals surface area contributed by atoms with E-state index in [4.69, 9.17) is 0 Å². The van der Waals surface area contributed by atoms with Gasteiger partial charge in [-0.15, -0.1) is 0 Å². The molecule has 16 heavy (non-hydrogen) atoms. The molecule has 0 aromatic heterocycles. The van der Waals surface area contributed by atoms with Gasteiger partial charge in [0, 0.05) is 0 Å². The van der Waals surface area contributed by atoms with E-state index in [2.05, 4.69) is 6.08 Å². The summed E-state index contributed by atoms with van der Waals surface area (Å²) in [5.41, 5.74) is 0.988. The summed E-state index contributed by atoms with van der Waals surface area (Å²) in [5, 5.41) is 10.6. The van der Waals surface area contributed by atoms with Gasteiger partial charge < -0.3 is 0 Å². The number of fused-ring (bicyclic) bond motifs is 2. The SMILES string of the molecule is O=C1[C@@H](c2ccccc2)[C@H]2C=C[C@H](C2)N1O. The summed E-state index contributed by atoms with van der Waals surface area (Å²) in [5.74, 6) is -0.165. The molecule has 0 unspecified atom stereocenters. The fourth-order valence-corrected chi connectivity index (χ4v) is 2.67. The number of hydrogen-bond donors (Lipinski definition) is 1. The summed E-state index contributed by atoms with van der Waals surface area (Å²) in [6, 6.07) is 9.56. The van der Waals surface area contributed by atoms with Crippen LogP contribution in [0.1, 0.15) is 17.9 Å². The van der Waals surface area contributed by atoms with Crippen molar-refractivity contribution in [2.75, 3.05) is 0 Å². The number of rotatable bonds is 1. The van der Waals surface area contributed by atoms with Gasteiger partial charge in [-0.2, -0.15) is 0 Å². The number of piperidine rings is 1. The minimum Gasteiger partial charge on any atom is -0.285 e. The lowest BCUT2D eigenvalue weighted by Gasteiger charge is -2.34. The van der Waals surface area contributed by atoms with Gasteiger partial charge in [0.1, 0.15) is 0 Å². The van der Waals surface area contributed by atoms with Crippen molar-refractivity contribution < 1.29 is 10.0 Å². The Hall–Kier alpha value is -1.61. The van der Waals surface area contributed by atoms with E-state index in [-0.39, 0.29) is 23.8 Å². The number of carbonyl (C=O) groups excluding carboxylic acids is 1. The van der Waals surface area contributed by atoms with Gasteiger partial charge in [0.25, 0.3) is 5.91 Å². The highest BCUT2D eigenvalue weighted by molar-refractivity contribution is 5.85. The molecule has 3 heteroatoms. The van der Waals surface area contributed by atoms with Crippen LogP contribution in [0.25, 0.3) is 0 Å². The molecular formula is C13H13NO2. The molecule has 2 aliphatic rings. The molecule has 1 aromatic carbocycles. The van der Waals surface area contributed by atoms with Gasteiger partial charge >= 0.3 is 0 Å². The van der Waals surface area contributed by atoms with Gasteiger partial charge in [-0.1, -0.05) is 42.5 Å². The molecule has 1 aliphatic heterocycles. The second-order valence-electron chi connectivity index (χ2n) is 4.42. The molecule has 2 bridgehead atoms. The number of allylic oxidation sites excluding steroid dienone is 1. The highest BCUT2D eigenvalue weighted by Crippen LogP contribution is 2.40. The molecule has 1 amide bonds. The quantitative estimate of drug-likeness (QED) is 0.574. The Morgan fingerprint density at radius 2 is 1.94 bits per heavy atom. The highest BCUT2D eigenvalue weighted by Gasteiger charge is 2.43. The Morgan fingerprint density at radius 1 is 1.19 bits per heavy atom. The zero-order valence-corrected chi connectivity index (χ0v) is 8.78. The van der Waals surface area contributed by atoms with Crippen LogP contribution in [0.15, 0.2) is 42.5 Å². The number of carbonyl (C=O) groups is 1. The van der Waals surface area contributed by atoms with E-state index in [1.54, 1.807) is 0 Å². The van der Waals surface area contributed by atoms with E-state index in [9.17, 15) is 10.0 Å². The maximum Gasteiger partial charge on any atom is 0.254 e. The van der Waals surface area contributed by atoms with Crippen LogP contribution in [-0.4, -0.2) is 22.2 Å². The van der Waals surface area contributed by atoms with Crippen LogP contribution in [0, 0.1) is 5.92 Å². The van der Waals surface area contributed by atoms with Crippen LogP contribution in [0.4, 0.5) is 0 Å². The van der Waals surface area contributed by atoms with Gasteiger partial charge in [0.05, 0.1) is 12.0 Å². The van der Waals surface area contributed by atoms with E-state index >= 15 is 0 Å². The van der Waals surface area contributed by atoms with E-state index in [1.165, 1.54) is 0 Å². The third kappa shape index (κ3) is 1.28. The molecule has 3 nitrogen and oxygen atoms in total. The Balaban J connectivity index is 2.00. The molecule has 0 saturated carbocycles. The third-order valence-electron chi connectivity index (χ3n) is 3.49. The first-order valence-electron chi connectivity index (χ1n) is 5.52. The van der Waals surface area contributed by atoms with Crippen LogP contribution in [0.3, 0.4) is 0 Å². The van der Waals surface area contributed by atoms with Gasteiger partial charge in [0.15, 0.2) is 0 Å². The van der Waals surface area contributed by atoms with Crippen molar-refractivity contribution in [1.29, 1.82) is 0 Å². The molecule has 1 aliphatic carbocycles. The molecule has 0 radical (unpaired) electrons. The molecule has 1 heterocycles. The van der Waals surface area contributed by atoms with Crippen molar-refractivity contribution in [2.45, 2.75) is 18.4 Å². The second kappa shape index (κ2) is 3.46. The zero-order chi connectivity index (χ0) is 11.1. The number of nitrogens with zero attached hydrogens (tertiary/aromatic N) is 1. The number of hydroxylamine groups is 2. The maximum atomic E-state index is 12.0. The second-order valence-corrected chi connectivity index (χ2v) is 4.42. The van der Waals surface area contributed by atoms with E-state index in [1.807, 2.05) is 36.4 Å². The lowest BCUT2D eigenvalue weighted by atomic mass is 9.82. The lowest BCUT2D eigenvalue weighted by Crippen LogP contribution is -2.44. The first kappa shape index (κ1) is 9.60. The summed E-state index contributed by atoms with van der Waals surface area (Å²) < 4.78 is 0. The van der Waals surface area contributed by atoms with Gasteiger partial charge in [-0.3, -0.25) is 10.0 Å². The van der Waals surface area contributed by atoms with Gasteiger partial charge in [0.2, 0.25) is 0 Å². The van der Waals surface area contributed by atoms with Crippen molar-refractivity contribution in [2.24, 2.45) is 5.92 Å². The first-order chi connectivity index (χ1) is 7.77. The molecule has 0 spiro atoms. The standard InChI is InChI=1S/C13H13NO2/c15-13-12(9-4-2-1-3-5-9)10-6-7-11(8-10)14(13)16/h1-7,10-12,16H,8H2/t10-,11+,12-/m0/s1. The van der Waals surface area contributed by atoms with Crippen molar-refractivity contribution in [3.8, 4) is 0 Å². The summed E-state index contributed by atoms with van der Waals surface area (Å²) >= 11 is 0. The summed E-state index contributed by atoms with van der Waals surface area (Å²) in [6.07, 6.45) is 4.81. The van der Waals surface area contributed by atoms with E-state index < -0.39 is 0 Å². The monoisotopic (exact) mass is 215 g/mol. The zero-order valence-electron chi connectivity index (χ0n) is 8.78. The summed E-state index contributed by atoms with van der Waals surface area (Å²) in [7, 11) is 0. The third-order valence-corrected chi connectivity index (χ3v) is 3.49. The summed E-state index contributed by atoms with van der Waals surface area (Å²) in [4.78, 5) is 12.0. The van der Waals surface area contributed by atoms with Gasteiger partial charge in [-0.25, -0.2) is 5.06 Å². The average molecular weight is 215 g/mol. The Labute approximate surface area is 94.0 Å². The molecule has 3 rings (SSSR count). The molecule has 82 valence electrons. The number of hydrogen-bond acceptors (Lipinski definition) is 2. The minimum atomic E-state index is -0.221. The summed E-state index contributed by atoms with van der Waals surface area (Å²) in [6.45, 7) is 0. The number of amides is 1. The number of benzene rings is 1. The smallest absolute Gasteiger partial charge is 0.254 e. The lowest BCUT2D eigenvalue weighted by molar-refractivity contribution is -0.180. The van der Waals surface area contributed by atoms with Crippen molar-refractivity contribution >= 4 is 5.91 Å². The largest absolute Gasteiger partial charge is 0.285 e. The first-order valence-corrected chi connectivity index (χ1v) is 5.52. The normalized spacial score (nSPS) is 32.2. The van der Waals surface area contributed by atoms with Crippen LogP contribution in [-0.2, 0) is 4.79 Å². The van der Waals surface area contributed by atoms with E-state index in [0.29, 0.717) is 0 Å². The predicted molar refractivity (Wildman–Crippen MR) is 58.9 cm³/mol. The minimum absolute atomic E-state index is 0.113. The molecule has 3 atom stereocenters. The Morgan fingerprint density at radius 3 is 2.69 bits per heavy atom. The maximum absolute atomic E-state index is 12.0. The van der Waals surface area contributed by atoms with Crippen LogP contribution in [0.5, 0.6) is 0 Å². The highest BCUT2D eigenvalue weighted by atomic mass is 16.5. The Bertz CT molecular complexity index is 441. The molecular weight excluding hydrogens is 202 g/mol. The van der Waals surface area contributed by atoms with Crippen LogP contribution >= 0.6 is 0 Å². The molecule has 1 aromatic rings. The van der Waals surface area contributed by atoms with Crippen molar-refractivity contribution in [3.05, 3.63) is 48.0 Å². The fourth-order valence-electron chi connectivity index (χ4n) is 2.67. The van der Waals surface area contributed by atoms with Crippen LogP contribution in [0.2, 0.25) is 0 Å². The van der Waals surface area contributed by atoms with E-state index in [0.717, 1.165) is 17.0 Å². The molecule has 1 N–H and O–H groups in total. The Kier molecular flexibility index (Phi) is 2.07. The van der Waals surface area contributed by atoms with Gasteiger partial charge in [-0.05, 0) is 17.9 Å². The predicted octanol–water partition coefficient (Wildman–Crippen LogP) is 1.95. The topological polar surface area (TPSA) is 40.5 Å². The molecule has 1 fully saturated rings.